The molecule has 0 saturated carbocycles. The van der Waals surface area contributed by atoms with Crippen LogP contribution in [0, 0.1) is 5.92 Å². The molecule has 0 aromatic carbocycles. The number of hydrogen-bond donors (Lipinski definition) is 0. The maximum atomic E-state index is 11.9. The normalized spacial score (nSPS) is 13.4. The highest BCUT2D eigenvalue weighted by Gasteiger charge is 2.26. The summed E-state index contributed by atoms with van der Waals surface area (Å²) in [6.45, 7) is 3.45. The Bertz CT molecular complexity index is 492. The van der Waals surface area contributed by atoms with Crippen molar-refractivity contribution in [1.82, 2.24) is 9.55 Å². The van der Waals surface area contributed by atoms with Crippen LogP contribution in [-0.4, -0.2) is 36.3 Å². The molecule has 6 nitrogen and oxygen atoms in total. The smallest absolute Gasteiger partial charge is 0.309 e. The Kier molecular flexibility index (Phi) is 4.28. The Hall–Kier alpha value is -1.37. The Morgan fingerprint density at radius 2 is 2.24 bits per heavy atom. The summed E-state index contributed by atoms with van der Waals surface area (Å²) in [6, 6.07) is 0. The van der Waals surface area contributed by atoms with Crippen molar-refractivity contribution >= 4 is 15.8 Å². The fourth-order valence-corrected chi connectivity index (χ4v) is 3.07. The zero-order valence-corrected chi connectivity index (χ0v) is 10.9. The molecule has 1 heterocycles. The van der Waals surface area contributed by atoms with E-state index in [1.165, 1.54) is 17.7 Å². The number of sulfone groups is 1. The van der Waals surface area contributed by atoms with Gasteiger partial charge in [0.2, 0.25) is 15.0 Å². The molecule has 0 fully saturated rings. The summed E-state index contributed by atoms with van der Waals surface area (Å²) in [5.41, 5.74) is 0. The van der Waals surface area contributed by atoms with Crippen molar-refractivity contribution in [3.8, 4) is 0 Å². The first-order chi connectivity index (χ1) is 7.88. The standard InChI is InChI=1S/C10H16N2O4S/c1-4-16-9(13)8(2)7-17(14,15)10-11-5-6-12(10)3/h5-6,8H,4,7H2,1-3H3. The average molecular weight is 260 g/mol. The number of aromatic nitrogens is 2. The molecule has 0 aliphatic rings. The molecule has 0 bridgehead atoms. The Morgan fingerprint density at radius 1 is 1.59 bits per heavy atom. The van der Waals surface area contributed by atoms with Crippen LogP contribution in [0.1, 0.15) is 13.8 Å². The van der Waals surface area contributed by atoms with Crippen LogP contribution in [0.25, 0.3) is 0 Å². The molecule has 96 valence electrons. The number of ether oxygens (including phenoxy) is 1. The van der Waals surface area contributed by atoms with Gasteiger partial charge in [-0.3, -0.25) is 4.79 Å². The van der Waals surface area contributed by atoms with Gasteiger partial charge in [-0.15, -0.1) is 0 Å². The van der Waals surface area contributed by atoms with Gasteiger partial charge in [0.25, 0.3) is 0 Å². The number of imidazole rings is 1. The van der Waals surface area contributed by atoms with Gasteiger partial charge in [-0.05, 0) is 6.92 Å². The van der Waals surface area contributed by atoms with Crippen LogP contribution in [-0.2, 0) is 26.4 Å². The molecule has 1 rings (SSSR count). The predicted molar refractivity (Wildman–Crippen MR) is 61.1 cm³/mol. The van der Waals surface area contributed by atoms with Crippen molar-refractivity contribution in [3.63, 3.8) is 0 Å². The van der Waals surface area contributed by atoms with Crippen LogP contribution < -0.4 is 0 Å². The van der Waals surface area contributed by atoms with E-state index in [1.54, 1.807) is 20.2 Å². The second kappa shape index (κ2) is 5.31. The number of nitrogens with zero attached hydrogens (tertiary/aromatic N) is 2. The summed E-state index contributed by atoms with van der Waals surface area (Å²) >= 11 is 0. The number of esters is 1. The third-order valence-electron chi connectivity index (χ3n) is 2.21. The monoisotopic (exact) mass is 260 g/mol. The molecular formula is C10H16N2O4S. The highest BCUT2D eigenvalue weighted by molar-refractivity contribution is 7.91. The molecule has 0 aliphatic carbocycles. The van der Waals surface area contributed by atoms with Crippen LogP contribution in [0.5, 0.6) is 0 Å². The molecular weight excluding hydrogens is 244 g/mol. The second-order valence-corrected chi connectivity index (χ2v) is 5.68. The van der Waals surface area contributed by atoms with E-state index in [0.717, 1.165) is 0 Å². The van der Waals surface area contributed by atoms with Crippen LogP contribution in [0.15, 0.2) is 17.6 Å². The van der Waals surface area contributed by atoms with Crippen molar-refractivity contribution in [1.29, 1.82) is 0 Å². The molecule has 0 amide bonds. The lowest BCUT2D eigenvalue weighted by molar-refractivity contribution is -0.146. The van der Waals surface area contributed by atoms with Crippen molar-refractivity contribution < 1.29 is 17.9 Å². The van der Waals surface area contributed by atoms with Gasteiger partial charge >= 0.3 is 5.97 Å². The summed E-state index contributed by atoms with van der Waals surface area (Å²) in [5.74, 6) is -1.50. The van der Waals surface area contributed by atoms with Gasteiger partial charge in [0.15, 0.2) is 0 Å². The van der Waals surface area contributed by atoms with Gasteiger partial charge in [-0.2, -0.15) is 0 Å². The van der Waals surface area contributed by atoms with Crippen molar-refractivity contribution in [2.45, 2.75) is 19.0 Å². The van der Waals surface area contributed by atoms with Crippen LogP contribution in [0.3, 0.4) is 0 Å². The number of carbonyl (C=O) groups is 1. The summed E-state index contributed by atoms with van der Waals surface area (Å²) in [7, 11) is -1.97. The molecule has 1 aromatic heterocycles. The fraction of sp³-hybridized carbons (Fsp3) is 0.600. The molecule has 0 radical (unpaired) electrons. The fourth-order valence-electron chi connectivity index (χ4n) is 1.41. The largest absolute Gasteiger partial charge is 0.466 e. The summed E-state index contributed by atoms with van der Waals surface area (Å²) in [4.78, 5) is 15.1. The first-order valence-corrected chi connectivity index (χ1v) is 6.90. The third-order valence-corrected chi connectivity index (χ3v) is 4.10. The van der Waals surface area contributed by atoms with Crippen LogP contribution >= 0.6 is 0 Å². The summed E-state index contributed by atoms with van der Waals surface area (Å²) < 4.78 is 30.1. The second-order valence-electron chi connectivity index (χ2n) is 3.76. The zero-order chi connectivity index (χ0) is 13.1. The zero-order valence-electron chi connectivity index (χ0n) is 10.1. The number of carbonyl (C=O) groups excluding carboxylic acids is 1. The molecule has 1 atom stereocenters. The molecule has 17 heavy (non-hydrogen) atoms. The van der Waals surface area contributed by atoms with Crippen molar-refractivity contribution in [2.24, 2.45) is 13.0 Å². The van der Waals surface area contributed by atoms with Gasteiger partial charge in [-0.1, -0.05) is 6.92 Å². The topological polar surface area (TPSA) is 78.3 Å². The number of rotatable bonds is 5. The third kappa shape index (κ3) is 3.29. The van der Waals surface area contributed by atoms with Gasteiger partial charge in [0.1, 0.15) is 0 Å². The highest BCUT2D eigenvalue weighted by atomic mass is 32.2. The molecule has 7 heteroatoms. The molecule has 0 N–H and O–H groups in total. The molecule has 0 aliphatic heterocycles. The first kappa shape index (κ1) is 13.7. The van der Waals surface area contributed by atoms with E-state index in [1.807, 2.05) is 0 Å². The van der Waals surface area contributed by atoms with Crippen LogP contribution in [0.4, 0.5) is 0 Å². The average Bonchev–Trinajstić information content (AvgIpc) is 2.64. The van der Waals surface area contributed by atoms with Crippen molar-refractivity contribution in [2.75, 3.05) is 12.4 Å². The van der Waals surface area contributed by atoms with Gasteiger partial charge < -0.3 is 9.30 Å². The van der Waals surface area contributed by atoms with Gasteiger partial charge in [0, 0.05) is 19.4 Å². The Labute approximate surface area is 101 Å². The minimum atomic E-state index is -3.56. The van der Waals surface area contributed by atoms with E-state index in [2.05, 4.69) is 4.98 Å². The quantitative estimate of drug-likeness (QED) is 0.716. The Morgan fingerprint density at radius 3 is 2.71 bits per heavy atom. The molecule has 0 spiro atoms. The maximum absolute atomic E-state index is 11.9. The van der Waals surface area contributed by atoms with E-state index in [0.29, 0.717) is 0 Å². The lowest BCUT2D eigenvalue weighted by atomic mass is 10.2. The van der Waals surface area contributed by atoms with Crippen molar-refractivity contribution in [3.05, 3.63) is 12.4 Å². The van der Waals surface area contributed by atoms with Crippen LogP contribution in [0.2, 0.25) is 0 Å². The van der Waals surface area contributed by atoms with E-state index >= 15 is 0 Å². The predicted octanol–water partition coefficient (Wildman–Crippen LogP) is 0.393. The maximum Gasteiger partial charge on any atom is 0.309 e. The Balaban J connectivity index is 2.81. The lowest BCUT2D eigenvalue weighted by Gasteiger charge is -2.10. The SMILES string of the molecule is CCOC(=O)C(C)CS(=O)(=O)c1nccn1C. The van der Waals surface area contributed by atoms with E-state index < -0.39 is 21.7 Å². The van der Waals surface area contributed by atoms with E-state index in [4.69, 9.17) is 4.74 Å². The molecule has 0 saturated heterocycles. The molecule has 1 unspecified atom stereocenters. The van der Waals surface area contributed by atoms with E-state index in [9.17, 15) is 13.2 Å². The minimum absolute atomic E-state index is 0.0337. The summed E-state index contributed by atoms with van der Waals surface area (Å²) in [6.07, 6.45) is 2.95. The van der Waals surface area contributed by atoms with E-state index in [-0.39, 0.29) is 17.5 Å². The molecule has 1 aromatic rings. The van der Waals surface area contributed by atoms with Gasteiger partial charge in [0.05, 0.1) is 18.3 Å². The highest BCUT2D eigenvalue weighted by Crippen LogP contribution is 2.12. The lowest BCUT2D eigenvalue weighted by Crippen LogP contribution is -2.25. The van der Waals surface area contributed by atoms with Gasteiger partial charge in [-0.25, -0.2) is 13.4 Å². The number of aryl methyl sites for hydroxylation is 1. The first-order valence-electron chi connectivity index (χ1n) is 5.25. The summed E-state index contributed by atoms with van der Waals surface area (Å²) in [5, 5.41) is -0.0337. The number of hydrogen-bond acceptors (Lipinski definition) is 5. The minimum Gasteiger partial charge on any atom is -0.466 e.